The van der Waals surface area contributed by atoms with Gasteiger partial charge in [0.2, 0.25) is 5.88 Å². The van der Waals surface area contributed by atoms with Crippen molar-refractivity contribution >= 4 is 17.5 Å². The van der Waals surface area contributed by atoms with Crippen LogP contribution in [0.1, 0.15) is 16.7 Å². The zero-order valence-electron chi connectivity index (χ0n) is 12.8. The van der Waals surface area contributed by atoms with Gasteiger partial charge in [-0.1, -0.05) is 12.1 Å². The van der Waals surface area contributed by atoms with Crippen molar-refractivity contribution in [2.75, 3.05) is 11.5 Å². The fourth-order valence-electron chi connectivity index (χ4n) is 2.13. The van der Waals surface area contributed by atoms with E-state index in [0.29, 0.717) is 17.7 Å². The lowest BCUT2D eigenvalue weighted by Crippen LogP contribution is -2.21. The van der Waals surface area contributed by atoms with Crippen molar-refractivity contribution in [2.24, 2.45) is 0 Å². The molecule has 0 fully saturated rings. The Morgan fingerprint density at radius 2 is 1.96 bits per heavy atom. The number of phenols is 1. The third kappa shape index (κ3) is 3.54. The Bertz CT molecular complexity index is 923. The van der Waals surface area contributed by atoms with E-state index >= 15 is 0 Å². The number of halogens is 3. The van der Waals surface area contributed by atoms with Gasteiger partial charge in [-0.15, -0.1) is 0 Å². The number of aromatic nitrogens is 1. The molecular formula is C15H11F3N4O4. The van der Waals surface area contributed by atoms with E-state index in [1.165, 1.54) is 6.07 Å². The van der Waals surface area contributed by atoms with Crippen LogP contribution in [-0.2, 0) is 11.2 Å². The van der Waals surface area contributed by atoms with Gasteiger partial charge in [0, 0.05) is 17.5 Å². The van der Waals surface area contributed by atoms with Crippen molar-refractivity contribution in [3.63, 3.8) is 0 Å². The number of phenolic OH excluding ortho intramolecular Hbond substituents is 1. The molecule has 0 spiro atoms. The molecule has 0 saturated heterocycles. The van der Waals surface area contributed by atoms with E-state index in [9.17, 15) is 18.3 Å². The molecule has 0 unspecified atom stereocenters. The summed E-state index contributed by atoms with van der Waals surface area (Å²) < 4.78 is 37.3. The topological polar surface area (TPSA) is 155 Å². The number of aromatic hydroxyl groups is 1. The van der Waals surface area contributed by atoms with Gasteiger partial charge in [-0.05, 0) is 6.07 Å². The Morgan fingerprint density at radius 1 is 1.35 bits per heavy atom. The number of nitrogens with zero attached hydrogens (tertiary/aromatic N) is 2. The number of anilines is 2. The molecule has 136 valence electrons. The van der Waals surface area contributed by atoms with E-state index in [0.717, 1.165) is 5.56 Å². The largest absolute Gasteiger partial charge is 0.504 e. The van der Waals surface area contributed by atoms with Gasteiger partial charge in [-0.2, -0.15) is 23.4 Å². The maximum absolute atomic E-state index is 10.6. The highest BCUT2D eigenvalue weighted by Crippen LogP contribution is 2.43. The number of hydrogen-bond donors (Lipinski definition) is 4. The molecule has 1 aromatic carbocycles. The van der Waals surface area contributed by atoms with Gasteiger partial charge in [-0.25, -0.2) is 4.79 Å². The molecule has 0 bridgehead atoms. The Morgan fingerprint density at radius 3 is 2.50 bits per heavy atom. The molecule has 11 heteroatoms. The van der Waals surface area contributed by atoms with E-state index in [-0.39, 0.29) is 28.7 Å². The van der Waals surface area contributed by atoms with Crippen LogP contribution in [0.15, 0.2) is 18.2 Å². The molecule has 8 nitrogen and oxygen atoms in total. The van der Waals surface area contributed by atoms with Crippen molar-refractivity contribution in [3.05, 3.63) is 34.9 Å². The van der Waals surface area contributed by atoms with E-state index in [1.54, 1.807) is 6.07 Å². The Labute approximate surface area is 144 Å². The number of benzene rings is 1. The van der Waals surface area contributed by atoms with Crippen LogP contribution < -0.4 is 16.2 Å². The molecule has 2 heterocycles. The molecule has 1 aliphatic heterocycles. The molecule has 0 atom stereocenters. The van der Waals surface area contributed by atoms with Gasteiger partial charge >= 0.3 is 12.1 Å². The number of para-hydroxylation sites is 1. The highest BCUT2D eigenvalue weighted by Gasteiger charge is 2.38. The lowest BCUT2D eigenvalue weighted by Gasteiger charge is -2.22. The quantitative estimate of drug-likeness (QED) is 0.470. The molecule has 0 radical (unpaired) electrons. The number of aliphatic carboxylic acids is 1. The minimum absolute atomic E-state index is 0.0256. The summed E-state index contributed by atoms with van der Waals surface area (Å²) in [6, 6.07) is 7.00. The number of pyridine rings is 1. The summed E-state index contributed by atoms with van der Waals surface area (Å²) >= 11 is 0. The van der Waals surface area contributed by atoms with Crippen molar-refractivity contribution < 1.29 is 32.9 Å². The normalized spacial score (nSPS) is 11.8. The Hall–Kier alpha value is -3.68. The second kappa shape index (κ2) is 6.67. The summed E-state index contributed by atoms with van der Waals surface area (Å²) in [6.07, 6.45) is -4.65. The predicted octanol–water partition coefficient (Wildman–Crippen LogP) is 2.15. The number of hydrogen-bond acceptors (Lipinski definition) is 7. The maximum Gasteiger partial charge on any atom is 0.490 e. The summed E-state index contributed by atoms with van der Waals surface area (Å²) in [7, 11) is 0. The lowest BCUT2D eigenvalue weighted by atomic mass is 9.99. The number of carboxylic acid groups (broad SMARTS) is 1. The van der Waals surface area contributed by atoms with Crippen molar-refractivity contribution in [2.45, 2.75) is 12.6 Å². The molecule has 1 aliphatic rings. The summed E-state index contributed by atoms with van der Waals surface area (Å²) in [4.78, 5) is 12.9. The van der Waals surface area contributed by atoms with Crippen LogP contribution >= 0.6 is 0 Å². The van der Waals surface area contributed by atoms with Crippen LogP contribution in [0.25, 0.3) is 0 Å². The number of rotatable bonds is 0. The number of carboxylic acids is 1. The van der Waals surface area contributed by atoms with E-state index in [2.05, 4.69) is 4.98 Å². The number of fused-ring (bicyclic) bond motifs is 2. The fourth-order valence-corrected chi connectivity index (χ4v) is 2.13. The number of nitrogen functional groups attached to an aromatic ring is 2. The highest BCUT2D eigenvalue weighted by atomic mass is 19.4. The van der Waals surface area contributed by atoms with E-state index in [1.807, 2.05) is 12.1 Å². The van der Waals surface area contributed by atoms with Gasteiger partial charge in [0.15, 0.2) is 11.5 Å². The van der Waals surface area contributed by atoms with Crippen LogP contribution in [0.2, 0.25) is 0 Å². The monoisotopic (exact) mass is 368 g/mol. The van der Waals surface area contributed by atoms with E-state index < -0.39 is 12.1 Å². The number of nitrogens with two attached hydrogens (primary N) is 2. The van der Waals surface area contributed by atoms with Gasteiger partial charge in [-0.3, -0.25) is 0 Å². The van der Waals surface area contributed by atoms with Crippen LogP contribution in [0.5, 0.6) is 17.4 Å². The van der Waals surface area contributed by atoms with Gasteiger partial charge < -0.3 is 26.4 Å². The zero-order valence-corrected chi connectivity index (χ0v) is 12.8. The first-order valence-electron chi connectivity index (χ1n) is 6.83. The Balaban J connectivity index is 0.000000298. The van der Waals surface area contributed by atoms with Gasteiger partial charge in [0.1, 0.15) is 17.5 Å². The molecule has 2 aromatic rings. The number of ether oxygens (including phenoxy) is 1. The molecular weight excluding hydrogens is 357 g/mol. The number of nitriles is 1. The first-order chi connectivity index (χ1) is 12.1. The SMILES string of the molecule is N#Cc1c(N)nc2c(c1N)Cc1cccc(O)c1O2.O=C(O)C(F)(F)F. The smallest absolute Gasteiger partial charge is 0.490 e. The molecule has 0 saturated carbocycles. The maximum atomic E-state index is 10.6. The molecule has 1 aromatic heterocycles. The van der Waals surface area contributed by atoms with Gasteiger partial charge in [0.05, 0.1) is 5.69 Å². The van der Waals surface area contributed by atoms with Crippen LogP contribution in [0.4, 0.5) is 24.7 Å². The predicted molar refractivity (Wildman–Crippen MR) is 82.5 cm³/mol. The van der Waals surface area contributed by atoms with E-state index in [4.69, 9.17) is 31.4 Å². The summed E-state index contributed by atoms with van der Waals surface area (Å²) in [5, 5.41) is 25.9. The zero-order chi connectivity index (χ0) is 19.6. The van der Waals surface area contributed by atoms with Crippen molar-refractivity contribution in [1.29, 1.82) is 5.26 Å². The average molecular weight is 368 g/mol. The molecule has 3 rings (SSSR count). The van der Waals surface area contributed by atoms with Gasteiger partial charge in [0.25, 0.3) is 0 Å². The third-order valence-electron chi connectivity index (χ3n) is 3.33. The number of alkyl halides is 3. The Kier molecular flexibility index (Phi) is 4.79. The van der Waals surface area contributed by atoms with Crippen LogP contribution in [0.3, 0.4) is 0 Å². The second-order valence-electron chi connectivity index (χ2n) is 5.03. The molecule has 0 aliphatic carbocycles. The first kappa shape index (κ1) is 18.7. The number of carbonyl (C=O) groups is 1. The average Bonchev–Trinajstić information content (AvgIpc) is 2.54. The summed E-state index contributed by atoms with van der Waals surface area (Å²) in [5.74, 6) is -2.11. The summed E-state index contributed by atoms with van der Waals surface area (Å²) in [6.45, 7) is 0. The minimum Gasteiger partial charge on any atom is -0.504 e. The highest BCUT2D eigenvalue weighted by molar-refractivity contribution is 5.73. The lowest BCUT2D eigenvalue weighted by molar-refractivity contribution is -0.192. The molecule has 26 heavy (non-hydrogen) atoms. The molecule has 0 amide bonds. The fraction of sp³-hybridized carbons (Fsp3) is 0.133. The molecule has 6 N–H and O–H groups in total. The van der Waals surface area contributed by atoms with Crippen LogP contribution in [-0.4, -0.2) is 27.3 Å². The third-order valence-corrected chi connectivity index (χ3v) is 3.33. The first-order valence-corrected chi connectivity index (χ1v) is 6.83. The van der Waals surface area contributed by atoms with Crippen LogP contribution in [0, 0.1) is 11.3 Å². The van der Waals surface area contributed by atoms with Crippen molar-refractivity contribution in [3.8, 4) is 23.4 Å². The van der Waals surface area contributed by atoms with Crippen molar-refractivity contribution in [1.82, 2.24) is 4.98 Å². The standard InChI is InChI=1S/C13H10N4O2.C2HF3O2/c14-5-8-10(15)7-4-6-2-1-3-9(18)11(6)19-13(7)17-12(8)16;3-2(4,5)1(6)7/h1-3,18H,4H2,(H4,15,16,17);(H,6,7). The summed E-state index contributed by atoms with van der Waals surface area (Å²) in [5.41, 5.74) is 13.4. The second-order valence-corrected chi connectivity index (χ2v) is 5.03. The minimum atomic E-state index is -5.08.